The van der Waals surface area contributed by atoms with Crippen molar-refractivity contribution in [1.82, 2.24) is 15.1 Å². The smallest absolute Gasteiger partial charge is 0.327 e. The molecule has 1 unspecified atom stereocenters. The molecule has 0 aliphatic carbocycles. The van der Waals surface area contributed by atoms with E-state index in [1.165, 1.54) is 18.9 Å². The van der Waals surface area contributed by atoms with Crippen molar-refractivity contribution in [2.75, 3.05) is 39.9 Å². The molecule has 3 atom stereocenters. The molecule has 0 radical (unpaired) electrons. The summed E-state index contributed by atoms with van der Waals surface area (Å²) >= 11 is 0. The number of ether oxygens (including phenoxy) is 2. The second-order valence-electron chi connectivity index (χ2n) is 9.57. The molecule has 3 amide bonds. The number of nitrogens with two attached hydrogens (primary N) is 1. The van der Waals surface area contributed by atoms with Gasteiger partial charge in [0.05, 0.1) is 13.2 Å². The number of urea groups is 1. The Labute approximate surface area is 216 Å². The normalized spacial score (nSPS) is 23.6. The van der Waals surface area contributed by atoms with E-state index in [1.54, 1.807) is 24.0 Å². The molecule has 0 aromatic heterocycles. The Morgan fingerprint density at radius 3 is 2.19 bits per heavy atom. The number of imide groups is 1. The maximum absolute atomic E-state index is 13.5. The van der Waals surface area contributed by atoms with Gasteiger partial charge in [0.1, 0.15) is 23.6 Å². The Morgan fingerprint density at radius 2 is 1.65 bits per heavy atom. The van der Waals surface area contributed by atoms with Crippen molar-refractivity contribution in [3.8, 4) is 16.9 Å². The summed E-state index contributed by atoms with van der Waals surface area (Å²) in [6.07, 6.45) is 0. The van der Waals surface area contributed by atoms with E-state index in [4.69, 9.17) is 20.6 Å². The molecule has 10 nitrogen and oxygen atoms in total. The fourth-order valence-corrected chi connectivity index (χ4v) is 4.91. The zero-order valence-corrected chi connectivity index (χ0v) is 21.3. The number of carbonyl (C=O) groups is 3. The van der Waals surface area contributed by atoms with Gasteiger partial charge >= 0.3 is 12.0 Å². The van der Waals surface area contributed by atoms with Crippen LogP contribution in [0.1, 0.15) is 19.4 Å². The number of amides is 3. The topological polar surface area (TPSA) is 138 Å². The lowest BCUT2D eigenvalue weighted by Gasteiger charge is -2.33. The lowest BCUT2D eigenvalue weighted by molar-refractivity contribution is -0.159. The summed E-state index contributed by atoms with van der Waals surface area (Å²) in [7, 11) is 1.25. The van der Waals surface area contributed by atoms with Gasteiger partial charge in [-0.15, -0.1) is 0 Å². The monoisotopic (exact) mass is 507 g/mol. The Kier molecular flexibility index (Phi) is 7.49. The largest absolute Gasteiger partial charge is 0.491 e. The lowest BCUT2D eigenvalue weighted by atomic mass is 9.78. The second kappa shape index (κ2) is 10.6. The van der Waals surface area contributed by atoms with Crippen molar-refractivity contribution in [2.24, 2.45) is 17.1 Å². The number of hydrogen-bond acceptors (Lipinski definition) is 7. The summed E-state index contributed by atoms with van der Waals surface area (Å²) in [6, 6.07) is 13.8. The molecule has 2 heterocycles. The van der Waals surface area contributed by atoms with Crippen LogP contribution in [0, 0.1) is 16.7 Å². The molecule has 37 heavy (non-hydrogen) atoms. The van der Waals surface area contributed by atoms with E-state index in [-0.39, 0.29) is 12.4 Å². The van der Waals surface area contributed by atoms with E-state index in [9.17, 15) is 14.4 Å². The first-order valence-electron chi connectivity index (χ1n) is 12.3. The van der Waals surface area contributed by atoms with E-state index in [2.05, 4.69) is 5.32 Å². The summed E-state index contributed by atoms with van der Waals surface area (Å²) in [4.78, 5) is 42.4. The third-order valence-corrected chi connectivity index (χ3v) is 7.49. The zero-order chi connectivity index (χ0) is 26.7. The minimum Gasteiger partial charge on any atom is -0.491 e. The van der Waals surface area contributed by atoms with Crippen LogP contribution >= 0.6 is 0 Å². The van der Waals surface area contributed by atoms with E-state index in [0.29, 0.717) is 37.5 Å². The summed E-state index contributed by atoms with van der Waals surface area (Å²) in [5.41, 5.74) is 6.62. The molecule has 0 spiro atoms. The summed E-state index contributed by atoms with van der Waals surface area (Å²) < 4.78 is 11.0. The van der Waals surface area contributed by atoms with Crippen molar-refractivity contribution in [3.63, 3.8) is 0 Å². The Morgan fingerprint density at radius 1 is 1.08 bits per heavy atom. The van der Waals surface area contributed by atoms with Gasteiger partial charge in [0, 0.05) is 37.7 Å². The first-order chi connectivity index (χ1) is 17.7. The third-order valence-electron chi connectivity index (χ3n) is 7.49. The van der Waals surface area contributed by atoms with Crippen LogP contribution in [-0.2, 0) is 14.3 Å². The molecule has 4 N–H and O–H groups in total. The van der Waals surface area contributed by atoms with Crippen molar-refractivity contribution < 1.29 is 23.9 Å². The molecule has 2 aromatic rings. The molecule has 2 saturated heterocycles. The van der Waals surface area contributed by atoms with Gasteiger partial charge in [-0.2, -0.15) is 0 Å². The molecular weight excluding hydrogens is 474 g/mol. The average molecular weight is 508 g/mol. The van der Waals surface area contributed by atoms with Crippen LogP contribution in [0.2, 0.25) is 0 Å². The van der Waals surface area contributed by atoms with Crippen molar-refractivity contribution in [1.29, 1.82) is 5.41 Å². The first kappa shape index (κ1) is 26.2. The van der Waals surface area contributed by atoms with Gasteiger partial charge in [0.25, 0.3) is 0 Å². The van der Waals surface area contributed by atoms with Gasteiger partial charge < -0.3 is 25.4 Å². The zero-order valence-electron chi connectivity index (χ0n) is 21.3. The van der Waals surface area contributed by atoms with E-state index in [1.807, 2.05) is 36.4 Å². The van der Waals surface area contributed by atoms with Crippen LogP contribution in [0.5, 0.6) is 5.75 Å². The Hall–Kier alpha value is -3.92. The summed E-state index contributed by atoms with van der Waals surface area (Å²) in [5, 5.41) is 10.7. The highest BCUT2D eigenvalue weighted by molar-refractivity contribution is 6.10. The number of nitrogens with zero attached hydrogens (tertiary/aromatic N) is 2. The molecule has 2 aliphatic heterocycles. The highest BCUT2D eigenvalue weighted by Crippen LogP contribution is 2.43. The lowest BCUT2D eigenvalue weighted by Crippen LogP contribution is -2.55. The average Bonchev–Trinajstić information content (AvgIpc) is 3.12. The predicted octanol–water partition coefficient (Wildman–Crippen LogP) is 2.07. The SMILES string of the molecule is COC(=O)[C@]1(C)C(=O)N(C(=O)N2CCNCC2)[C@H](COc2ccc(-c3ccc(C(=N)N)cc3)cc2)C1C. The predicted molar refractivity (Wildman–Crippen MR) is 138 cm³/mol. The quantitative estimate of drug-likeness (QED) is 0.235. The highest BCUT2D eigenvalue weighted by atomic mass is 16.5. The van der Waals surface area contributed by atoms with Crippen molar-refractivity contribution in [3.05, 3.63) is 54.1 Å². The fourth-order valence-electron chi connectivity index (χ4n) is 4.91. The number of nitrogen functional groups attached to an aromatic ring is 1. The molecule has 2 aromatic carbocycles. The summed E-state index contributed by atoms with van der Waals surface area (Å²) in [5.74, 6) is -1.15. The molecule has 0 saturated carbocycles. The number of benzene rings is 2. The van der Waals surface area contributed by atoms with Gasteiger partial charge in [0.2, 0.25) is 5.91 Å². The molecule has 2 fully saturated rings. The molecule has 4 rings (SSSR count). The first-order valence-corrected chi connectivity index (χ1v) is 12.3. The van der Waals surface area contributed by atoms with Gasteiger partial charge in [-0.05, 0) is 30.2 Å². The van der Waals surface area contributed by atoms with Crippen LogP contribution in [0.3, 0.4) is 0 Å². The maximum atomic E-state index is 13.5. The number of rotatable bonds is 6. The highest BCUT2D eigenvalue weighted by Gasteiger charge is 2.62. The number of esters is 1. The number of piperazine rings is 1. The van der Waals surface area contributed by atoms with Crippen molar-refractivity contribution in [2.45, 2.75) is 19.9 Å². The van der Waals surface area contributed by atoms with Crippen LogP contribution in [0.25, 0.3) is 11.1 Å². The number of likely N-dealkylation sites (tertiary alicyclic amines) is 1. The van der Waals surface area contributed by atoms with E-state index in [0.717, 1.165) is 11.1 Å². The number of methoxy groups -OCH3 is 1. The molecule has 10 heteroatoms. The number of nitrogens with one attached hydrogen (secondary N) is 2. The molecular formula is C27H33N5O5. The molecule has 2 aliphatic rings. The number of hydrogen-bond donors (Lipinski definition) is 3. The minimum absolute atomic E-state index is 0.0164. The van der Waals surface area contributed by atoms with Crippen LogP contribution < -0.4 is 15.8 Å². The Bertz CT molecular complexity index is 1180. The number of carbonyl (C=O) groups excluding carboxylic acids is 3. The van der Waals surface area contributed by atoms with Crippen molar-refractivity contribution >= 4 is 23.7 Å². The standard InChI is InChI=1S/C27H33N5O5/c1-17-22(16-37-21-10-8-19(9-11-21)18-4-6-20(7-5-18)23(28)29)32(24(33)27(17,2)25(34)36-3)26(35)31-14-12-30-13-15-31/h4-11,17,22,30H,12-16H2,1-3H3,(H3,28,29)/t17?,22-,27+/m1/s1. The van der Waals surface area contributed by atoms with Crippen LogP contribution in [0.4, 0.5) is 4.79 Å². The van der Waals surface area contributed by atoms with E-state index >= 15 is 0 Å². The number of amidine groups is 1. The van der Waals surface area contributed by atoms with E-state index < -0.39 is 35.3 Å². The van der Waals surface area contributed by atoms with Crippen LogP contribution in [-0.4, -0.2) is 79.5 Å². The maximum Gasteiger partial charge on any atom is 0.327 e. The minimum atomic E-state index is -1.48. The molecule has 196 valence electrons. The van der Waals surface area contributed by atoms with Gasteiger partial charge in [-0.25, -0.2) is 4.79 Å². The third kappa shape index (κ3) is 4.89. The Balaban J connectivity index is 1.52. The fraction of sp³-hybridized carbons (Fsp3) is 0.407. The van der Waals surface area contributed by atoms with Gasteiger partial charge in [0.15, 0.2) is 0 Å². The second-order valence-corrected chi connectivity index (χ2v) is 9.57. The summed E-state index contributed by atoms with van der Waals surface area (Å²) in [6.45, 7) is 5.61. The molecule has 0 bridgehead atoms. The van der Waals surface area contributed by atoms with Gasteiger partial charge in [-0.1, -0.05) is 43.3 Å². The van der Waals surface area contributed by atoms with Gasteiger partial charge in [-0.3, -0.25) is 19.9 Å². The van der Waals surface area contributed by atoms with Crippen LogP contribution in [0.15, 0.2) is 48.5 Å².